The Hall–Kier alpha value is -1.63. The van der Waals surface area contributed by atoms with Gasteiger partial charge in [0.05, 0.1) is 0 Å². The fourth-order valence-corrected chi connectivity index (χ4v) is 2.88. The summed E-state index contributed by atoms with van der Waals surface area (Å²) in [6, 6.07) is 0. The van der Waals surface area contributed by atoms with Gasteiger partial charge in [0.25, 0.3) is 0 Å². The normalized spacial score (nSPS) is 24.1. The maximum Gasteiger partial charge on any atom is 0.332 e. The third-order valence-electron chi connectivity index (χ3n) is 2.73. The van der Waals surface area contributed by atoms with Crippen molar-refractivity contribution in [2.24, 2.45) is 11.5 Å². The SMILES string of the molecule is C/C(N)=C/C(=O)OC1CCSCCC1OC(=O)/C=C(/C)N. The van der Waals surface area contributed by atoms with Crippen LogP contribution in [0.4, 0.5) is 0 Å². The first-order chi connectivity index (χ1) is 9.88. The number of esters is 2. The van der Waals surface area contributed by atoms with Gasteiger partial charge in [-0.25, -0.2) is 9.59 Å². The number of allylic oxidation sites excluding steroid dienone is 2. The van der Waals surface area contributed by atoms with Crippen LogP contribution >= 0.6 is 11.8 Å². The van der Waals surface area contributed by atoms with Crippen LogP contribution in [0.3, 0.4) is 0 Å². The van der Waals surface area contributed by atoms with E-state index in [1.807, 2.05) is 0 Å². The summed E-state index contributed by atoms with van der Waals surface area (Å²) in [4.78, 5) is 23.4. The largest absolute Gasteiger partial charge is 0.455 e. The zero-order valence-electron chi connectivity index (χ0n) is 12.3. The van der Waals surface area contributed by atoms with Gasteiger partial charge in [0.2, 0.25) is 0 Å². The molecule has 1 fully saturated rings. The van der Waals surface area contributed by atoms with Crippen LogP contribution in [-0.4, -0.2) is 35.7 Å². The Bertz CT molecular complexity index is 400. The summed E-state index contributed by atoms with van der Waals surface area (Å²) in [7, 11) is 0. The van der Waals surface area contributed by atoms with E-state index in [0.717, 1.165) is 11.5 Å². The van der Waals surface area contributed by atoms with Crippen LogP contribution < -0.4 is 11.5 Å². The number of hydrogen-bond acceptors (Lipinski definition) is 7. The molecule has 4 N–H and O–H groups in total. The van der Waals surface area contributed by atoms with E-state index in [-0.39, 0.29) is 0 Å². The molecule has 0 bridgehead atoms. The zero-order chi connectivity index (χ0) is 15.8. The lowest BCUT2D eigenvalue weighted by Gasteiger charge is -2.24. The Labute approximate surface area is 128 Å². The van der Waals surface area contributed by atoms with Crippen molar-refractivity contribution in [3.63, 3.8) is 0 Å². The van der Waals surface area contributed by atoms with Gasteiger partial charge < -0.3 is 20.9 Å². The summed E-state index contributed by atoms with van der Waals surface area (Å²) in [5.74, 6) is 0.670. The molecule has 1 heterocycles. The van der Waals surface area contributed by atoms with Crippen LogP contribution in [0.2, 0.25) is 0 Å². The Morgan fingerprint density at radius 2 is 1.33 bits per heavy atom. The third-order valence-corrected chi connectivity index (χ3v) is 3.78. The summed E-state index contributed by atoms with van der Waals surface area (Å²) in [6.45, 7) is 3.22. The van der Waals surface area contributed by atoms with E-state index in [0.29, 0.717) is 24.2 Å². The summed E-state index contributed by atoms with van der Waals surface area (Å²) in [5.41, 5.74) is 11.6. The van der Waals surface area contributed by atoms with E-state index < -0.39 is 24.1 Å². The Morgan fingerprint density at radius 3 is 1.67 bits per heavy atom. The fourth-order valence-electron chi connectivity index (χ4n) is 1.88. The van der Waals surface area contributed by atoms with E-state index in [2.05, 4.69) is 0 Å². The predicted molar refractivity (Wildman–Crippen MR) is 82.2 cm³/mol. The van der Waals surface area contributed by atoms with Crippen molar-refractivity contribution < 1.29 is 19.1 Å². The summed E-state index contributed by atoms with van der Waals surface area (Å²) >= 11 is 1.74. The minimum Gasteiger partial charge on any atom is -0.455 e. The molecule has 1 aliphatic rings. The van der Waals surface area contributed by atoms with Crippen molar-refractivity contribution in [2.75, 3.05) is 11.5 Å². The van der Waals surface area contributed by atoms with Crippen LogP contribution in [0.15, 0.2) is 23.5 Å². The van der Waals surface area contributed by atoms with Crippen molar-refractivity contribution in [3.05, 3.63) is 23.5 Å². The zero-order valence-corrected chi connectivity index (χ0v) is 13.2. The van der Waals surface area contributed by atoms with Crippen molar-refractivity contribution in [3.8, 4) is 0 Å². The number of rotatable bonds is 4. The second-order valence-corrected chi connectivity index (χ2v) is 6.14. The molecule has 0 saturated carbocycles. The van der Waals surface area contributed by atoms with E-state index in [1.54, 1.807) is 25.6 Å². The van der Waals surface area contributed by atoms with Crippen LogP contribution in [0.25, 0.3) is 0 Å². The molecule has 1 saturated heterocycles. The summed E-state index contributed by atoms with van der Waals surface area (Å²) in [6.07, 6.45) is 2.80. The van der Waals surface area contributed by atoms with Crippen LogP contribution in [0, 0.1) is 0 Å². The number of hydrogen-bond donors (Lipinski definition) is 2. The van der Waals surface area contributed by atoms with Gasteiger partial charge in [-0.1, -0.05) is 0 Å². The molecule has 2 unspecified atom stereocenters. The highest BCUT2D eigenvalue weighted by atomic mass is 32.2. The first-order valence-electron chi connectivity index (χ1n) is 6.75. The number of carbonyl (C=O) groups is 2. The van der Waals surface area contributed by atoms with Gasteiger partial charge in [-0.15, -0.1) is 0 Å². The number of carbonyl (C=O) groups excluding carboxylic acids is 2. The molecule has 0 spiro atoms. The average Bonchev–Trinajstić information content (AvgIpc) is 2.53. The molecule has 1 aliphatic heterocycles. The molecule has 0 aromatic heterocycles. The molecule has 0 aromatic carbocycles. The average molecular weight is 314 g/mol. The summed E-state index contributed by atoms with van der Waals surface area (Å²) in [5, 5.41) is 0. The third kappa shape index (κ3) is 7.08. The Morgan fingerprint density at radius 1 is 0.952 bits per heavy atom. The van der Waals surface area contributed by atoms with Gasteiger partial charge in [-0.3, -0.25) is 0 Å². The van der Waals surface area contributed by atoms with E-state index in [9.17, 15) is 9.59 Å². The molecule has 0 aliphatic carbocycles. The van der Waals surface area contributed by atoms with Gasteiger partial charge in [-0.05, 0) is 38.2 Å². The molecule has 1 rings (SSSR count). The standard InChI is InChI=1S/C14H22N2O4S/c1-9(15)7-13(17)19-11-3-5-21-6-4-12(11)20-14(18)8-10(2)16/h7-8,11-12H,3-6,15-16H2,1-2H3/b9-7-,10-8-. The van der Waals surface area contributed by atoms with Crippen molar-refractivity contribution in [1.82, 2.24) is 0 Å². The van der Waals surface area contributed by atoms with Crippen LogP contribution in [-0.2, 0) is 19.1 Å². The molecule has 0 aromatic rings. The molecular formula is C14H22N2O4S. The fraction of sp³-hybridized carbons (Fsp3) is 0.571. The minimum atomic E-state index is -0.515. The van der Waals surface area contributed by atoms with Gasteiger partial charge in [0, 0.05) is 23.5 Å². The topological polar surface area (TPSA) is 105 Å². The minimum absolute atomic E-state index is 0.373. The second kappa shape index (κ2) is 8.61. The predicted octanol–water partition coefficient (Wildman–Crippen LogP) is 1.06. The molecule has 0 radical (unpaired) electrons. The highest BCUT2D eigenvalue weighted by Gasteiger charge is 2.29. The van der Waals surface area contributed by atoms with Crippen LogP contribution in [0.1, 0.15) is 26.7 Å². The lowest BCUT2D eigenvalue weighted by molar-refractivity contribution is -0.161. The number of thioether (sulfide) groups is 1. The molecule has 21 heavy (non-hydrogen) atoms. The molecule has 7 heteroatoms. The van der Waals surface area contributed by atoms with Crippen LogP contribution in [0.5, 0.6) is 0 Å². The van der Waals surface area contributed by atoms with Gasteiger partial charge in [-0.2, -0.15) is 11.8 Å². The highest BCUT2D eigenvalue weighted by Crippen LogP contribution is 2.23. The molecule has 0 amide bonds. The maximum absolute atomic E-state index is 11.7. The lowest BCUT2D eigenvalue weighted by atomic mass is 10.1. The first kappa shape index (κ1) is 17.4. The molecule has 118 valence electrons. The summed E-state index contributed by atoms with van der Waals surface area (Å²) < 4.78 is 10.7. The molecule has 2 atom stereocenters. The number of nitrogens with two attached hydrogens (primary N) is 2. The smallest absolute Gasteiger partial charge is 0.332 e. The van der Waals surface area contributed by atoms with Gasteiger partial charge in [0.15, 0.2) is 0 Å². The first-order valence-corrected chi connectivity index (χ1v) is 7.90. The Kier molecular flexibility index (Phi) is 7.14. The van der Waals surface area contributed by atoms with Crippen molar-refractivity contribution >= 4 is 23.7 Å². The maximum atomic E-state index is 11.7. The Balaban J connectivity index is 2.71. The monoisotopic (exact) mass is 314 g/mol. The van der Waals surface area contributed by atoms with Crippen molar-refractivity contribution in [2.45, 2.75) is 38.9 Å². The quantitative estimate of drug-likeness (QED) is 0.590. The molecular weight excluding hydrogens is 292 g/mol. The van der Waals surface area contributed by atoms with Gasteiger partial charge >= 0.3 is 11.9 Å². The van der Waals surface area contributed by atoms with Crippen molar-refractivity contribution in [1.29, 1.82) is 0 Å². The van der Waals surface area contributed by atoms with E-state index in [4.69, 9.17) is 20.9 Å². The second-order valence-electron chi connectivity index (χ2n) is 4.92. The molecule has 6 nitrogen and oxygen atoms in total. The van der Waals surface area contributed by atoms with E-state index >= 15 is 0 Å². The highest BCUT2D eigenvalue weighted by molar-refractivity contribution is 7.99. The van der Waals surface area contributed by atoms with Gasteiger partial charge in [0.1, 0.15) is 12.2 Å². The number of ether oxygens (including phenoxy) is 2. The van der Waals surface area contributed by atoms with E-state index in [1.165, 1.54) is 12.2 Å². The lowest BCUT2D eigenvalue weighted by Crippen LogP contribution is -2.34.